The Morgan fingerprint density at radius 2 is 2.00 bits per heavy atom. The highest BCUT2D eigenvalue weighted by molar-refractivity contribution is 5.89. The standard InChI is InChI=1S/C12H12FN3O/c13-10-3-1-2-9-11(10)14-8-15-12(9)16-4-6-17-7-5-16/h1-3,8H,4-7H2. The van der Waals surface area contributed by atoms with E-state index in [2.05, 4.69) is 14.9 Å². The zero-order valence-electron chi connectivity index (χ0n) is 9.27. The lowest BCUT2D eigenvalue weighted by atomic mass is 10.2. The molecule has 0 amide bonds. The molecule has 0 unspecified atom stereocenters. The van der Waals surface area contributed by atoms with Crippen molar-refractivity contribution in [3.8, 4) is 0 Å². The van der Waals surface area contributed by atoms with Crippen LogP contribution in [0.4, 0.5) is 10.2 Å². The number of aromatic nitrogens is 2. The fourth-order valence-electron chi connectivity index (χ4n) is 2.06. The van der Waals surface area contributed by atoms with Gasteiger partial charge in [0.05, 0.1) is 13.2 Å². The molecule has 2 aromatic rings. The Bertz CT molecular complexity index is 540. The SMILES string of the molecule is Fc1cccc2c(N3CCOCC3)ncnc12. The highest BCUT2D eigenvalue weighted by Crippen LogP contribution is 2.24. The number of para-hydroxylation sites is 1. The Morgan fingerprint density at radius 3 is 2.82 bits per heavy atom. The lowest BCUT2D eigenvalue weighted by Gasteiger charge is -2.28. The Hall–Kier alpha value is -1.75. The first-order chi connectivity index (χ1) is 8.36. The van der Waals surface area contributed by atoms with Gasteiger partial charge in [-0.05, 0) is 12.1 Å². The van der Waals surface area contributed by atoms with E-state index in [9.17, 15) is 4.39 Å². The van der Waals surface area contributed by atoms with E-state index >= 15 is 0 Å². The van der Waals surface area contributed by atoms with Crippen LogP contribution in [0, 0.1) is 5.82 Å². The van der Waals surface area contributed by atoms with Crippen LogP contribution in [0.25, 0.3) is 10.9 Å². The van der Waals surface area contributed by atoms with Gasteiger partial charge in [0, 0.05) is 18.5 Å². The van der Waals surface area contributed by atoms with Gasteiger partial charge < -0.3 is 9.64 Å². The number of hydrogen-bond donors (Lipinski definition) is 0. The lowest BCUT2D eigenvalue weighted by Crippen LogP contribution is -2.36. The van der Waals surface area contributed by atoms with Crippen LogP contribution in [0.15, 0.2) is 24.5 Å². The average molecular weight is 233 g/mol. The summed E-state index contributed by atoms with van der Waals surface area (Å²) in [5.41, 5.74) is 0.379. The molecule has 17 heavy (non-hydrogen) atoms. The molecule has 88 valence electrons. The Balaban J connectivity index is 2.12. The molecule has 3 rings (SSSR count). The van der Waals surface area contributed by atoms with Gasteiger partial charge in [-0.1, -0.05) is 6.07 Å². The average Bonchev–Trinajstić information content (AvgIpc) is 2.40. The Labute approximate surface area is 98.0 Å². The number of halogens is 1. The number of anilines is 1. The van der Waals surface area contributed by atoms with Crippen molar-refractivity contribution in [1.82, 2.24) is 9.97 Å². The predicted molar refractivity (Wildman–Crippen MR) is 62.5 cm³/mol. The molecular weight excluding hydrogens is 221 g/mol. The fraction of sp³-hybridized carbons (Fsp3) is 0.333. The van der Waals surface area contributed by atoms with Crippen molar-refractivity contribution in [3.05, 3.63) is 30.3 Å². The van der Waals surface area contributed by atoms with Gasteiger partial charge in [-0.2, -0.15) is 0 Å². The normalized spacial score (nSPS) is 16.4. The number of rotatable bonds is 1. The molecule has 0 atom stereocenters. The van der Waals surface area contributed by atoms with E-state index < -0.39 is 0 Å². The molecule has 1 saturated heterocycles. The molecule has 0 bridgehead atoms. The van der Waals surface area contributed by atoms with Crippen LogP contribution in [-0.4, -0.2) is 36.3 Å². The van der Waals surface area contributed by atoms with Crippen molar-refractivity contribution < 1.29 is 9.13 Å². The van der Waals surface area contributed by atoms with Gasteiger partial charge in [0.2, 0.25) is 0 Å². The second-order valence-electron chi connectivity index (χ2n) is 3.93. The van der Waals surface area contributed by atoms with E-state index in [1.54, 1.807) is 6.07 Å². The molecule has 0 saturated carbocycles. The molecule has 1 aromatic carbocycles. The van der Waals surface area contributed by atoms with E-state index in [1.165, 1.54) is 12.4 Å². The Kier molecular flexibility index (Phi) is 2.60. The second-order valence-corrected chi connectivity index (χ2v) is 3.93. The third-order valence-corrected chi connectivity index (χ3v) is 2.91. The van der Waals surface area contributed by atoms with Gasteiger partial charge in [-0.25, -0.2) is 14.4 Å². The summed E-state index contributed by atoms with van der Waals surface area (Å²) in [5, 5.41) is 0.759. The smallest absolute Gasteiger partial charge is 0.149 e. The third-order valence-electron chi connectivity index (χ3n) is 2.91. The first-order valence-corrected chi connectivity index (χ1v) is 5.58. The molecule has 1 aliphatic heterocycles. The topological polar surface area (TPSA) is 38.2 Å². The van der Waals surface area contributed by atoms with Crippen LogP contribution in [0.5, 0.6) is 0 Å². The maximum absolute atomic E-state index is 13.6. The van der Waals surface area contributed by atoms with Gasteiger partial charge in [0.25, 0.3) is 0 Å². The fourth-order valence-corrected chi connectivity index (χ4v) is 2.06. The molecule has 0 aliphatic carbocycles. The van der Waals surface area contributed by atoms with E-state index in [4.69, 9.17) is 4.74 Å². The number of hydrogen-bond acceptors (Lipinski definition) is 4. The lowest BCUT2D eigenvalue weighted by molar-refractivity contribution is 0.122. The quantitative estimate of drug-likeness (QED) is 0.750. The minimum Gasteiger partial charge on any atom is -0.378 e. The van der Waals surface area contributed by atoms with Crippen LogP contribution in [0.2, 0.25) is 0 Å². The zero-order chi connectivity index (χ0) is 11.7. The van der Waals surface area contributed by atoms with Crippen LogP contribution in [0.1, 0.15) is 0 Å². The summed E-state index contributed by atoms with van der Waals surface area (Å²) in [6.45, 7) is 2.92. The maximum Gasteiger partial charge on any atom is 0.149 e. The van der Waals surface area contributed by atoms with Crippen LogP contribution < -0.4 is 4.90 Å². The van der Waals surface area contributed by atoms with E-state index in [1.807, 2.05) is 6.07 Å². The number of ether oxygens (including phenoxy) is 1. The van der Waals surface area contributed by atoms with Crippen molar-refractivity contribution in [1.29, 1.82) is 0 Å². The van der Waals surface area contributed by atoms with Gasteiger partial charge in [-0.15, -0.1) is 0 Å². The number of fused-ring (bicyclic) bond motifs is 1. The van der Waals surface area contributed by atoms with Gasteiger partial charge >= 0.3 is 0 Å². The van der Waals surface area contributed by atoms with E-state index in [0.29, 0.717) is 18.7 Å². The van der Waals surface area contributed by atoms with Crippen molar-refractivity contribution >= 4 is 16.7 Å². The molecule has 1 fully saturated rings. The van der Waals surface area contributed by atoms with Gasteiger partial charge in [-0.3, -0.25) is 0 Å². The van der Waals surface area contributed by atoms with E-state index in [0.717, 1.165) is 24.3 Å². The molecular formula is C12H12FN3O. The summed E-state index contributed by atoms with van der Waals surface area (Å²) < 4.78 is 18.9. The van der Waals surface area contributed by atoms with Gasteiger partial charge in [0.1, 0.15) is 23.5 Å². The summed E-state index contributed by atoms with van der Waals surface area (Å²) in [6, 6.07) is 4.95. The van der Waals surface area contributed by atoms with Crippen molar-refractivity contribution in [2.45, 2.75) is 0 Å². The predicted octanol–water partition coefficient (Wildman–Crippen LogP) is 1.61. The largest absolute Gasteiger partial charge is 0.378 e. The molecule has 1 aromatic heterocycles. The second kappa shape index (κ2) is 4.25. The van der Waals surface area contributed by atoms with Crippen molar-refractivity contribution in [2.75, 3.05) is 31.2 Å². The van der Waals surface area contributed by atoms with E-state index in [-0.39, 0.29) is 5.82 Å². The van der Waals surface area contributed by atoms with Crippen LogP contribution in [0.3, 0.4) is 0 Å². The Morgan fingerprint density at radius 1 is 1.18 bits per heavy atom. The third kappa shape index (κ3) is 1.82. The molecule has 0 N–H and O–H groups in total. The van der Waals surface area contributed by atoms with Crippen molar-refractivity contribution in [3.63, 3.8) is 0 Å². The molecule has 0 spiro atoms. The number of morpholine rings is 1. The summed E-state index contributed by atoms with van der Waals surface area (Å²) in [5.74, 6) is 0.484. The van der Waals surface area contributed by atoms with Crippen molar-refractivity contribution in [2.24, 2.45) is 0 Å². The van der Waals surface area contributed by atoms with Crippen LogP contribution in [-0.2, 0) is 4.74 Å². The van der Waals surface area contributed by atoms with Gasteiger partial charge in [0.15, 0.2) is 0 Å². The minimum atomic E-state index is -0.306. The molecule has 5 heteroatoms. The highest BCUT2D eigenvalue weighted by Gasteiger charge is 2.16. The number of benzene rings is 1. The monoisotopic (exact) mass is 233 g/mol. The molecule has 2 heterocycles. The summed E-state index contributed by atoms with van der Waals surface area (Å²) in [6.07, 6.45) is 1.41. The summed E-state index contributed by atoms with van der Waals surface area (Å²) >= 11 is 0. The van der Waals surface area contributed by atoms with Crippen LogP contribution >= 0.6 is 0 Å². The minimum absolute atomic E-state index is 0.306. The molecule has 4 nitrogen and oxygen atoms in total. The molecule has 0 radical (unpaired) electrons. The number of nitrogens with zero attached hydrogens (tertiary/aromatic N) is 3. The molecule has 1 aliphatic rings. The zero-order valence-corrected chi connectivity index (χ0v) is 9.27. The maximum atomic E-state index is 13.6. The summed E-state index contributed by atoms with van der Waals surface area (Å²) in [4.78, 5) is 10.4. The first-order valence-electron chi connectivity index (χ1n) is 5.58. The first kappa shape index (κ1) is 10.4. The summed E-state index contributed by atoms with van der Waals surface area (Å²) in [7, 11) is 0. The highest BCUT2D eigenvalue weighted by atomic mass is 19.1.